The fraction of sp³-hybridized carbons (Fsp3) is 0.200. The molecule has 1 unspecified atom stereocenters. The lowest BCUT2D eigenvalue weighted by Gasteiger charge is -2.35. The third-order valence-electron chi connectivity index (χ3n) is 4.49. The first-order valence-corrected chi connectivity index (χ1v) is 7.97. The van der Waals surface area contributed by atoms with Crippen molar-refractivity contribution in [2.75, 3.05) is 6.54 Å². The average molecular weight is 338 g/mol. The third-order valence-corrected chi connectivity index (χ3v) is 4.49. The Hall–Kier alpha value is -3.00. The van der Waals surface area contributed by atoms with Crippen molar-refractivity contribution in [2.45, 2.75) is 19.4 Å². The molecule has 2 aromatic rings. The molecule has 1 aliphatic rings. The predicted octanol–water partition coefficient (Wildman–Crippen LogP) is 4.02. The first kappa shape index (κ1) is 16.8. The van der Waals surface area contributed by atoms with Crippen LogP contribution >= 0.6 is 0 Å². The summed E-state index contributed by atoms with van der Waals surface area (Å²) in [6, 6.07) is 12.8. The summed E-state index contributed by atoms with van der Waals surface area (Å²) < 4.78 is 27.6. The van der Waals surface area contributed by atoms with Crippen LogP contribution in [0.1, 0.15) is 29.7 Å². The molecule has 1 amide bonds. The molecule has 0 radical (unpaired) electrons. The van der Waals surface area contributed by atoms with Gasteiger partial charge in [-0.1, -0.05) is 30.3 Å². The van der Waals surface area contributed by atoms with E-state index in [1.807, 2.05) is 31.2 Å². The number of nitrogens with zero attached hydrogens (tertiary/aromatic N) is 2. The van der Waals surface area contributed by atoms with Crippen molar-refractivity contribution < 1.29 is 13.6 Å². The second kappa shape index (κ2) is 6.86. The van der Waals surface area contributed by atoms with Crippen molar-refractivity contribution in [3.8, 4) is 6.07 Å². The molecular formula is C20H16F2N2O. The van der Waals surface area contributed by atoms with E-state index in [-0.39, 0.29) is 17.2 Å². The number of benzene rings is 2. The number of halogens is 2. The Balaban J connectivity index is 1.94. The van der Waals surface area contributed by atoms with Gasteiger partial charge in [0.2, 0.25) is 0 Å². The van der Waals surface area contributed by atoms with Crippen molar-refractivity contribution in [3.05, 3.63) is 76.4 Å². The van der Waals surface area contributed by atoms with Crippen LogP contribution in [0.2, 0.25) is 0 Å². The molecule has 0 aromatic heterocycles. The van der Waals surface area contributed by atoms with Crippen LogP contribution in [0, 0.1) is 23.0 Å². The Bertz CT molecular complexity index is 879. The van der Waals surface area contributed by atoms with Crippen LogP contribution in [0.3, 0.4) is 0 Å². The average Bonchev–Trinajstić information content (AvgIpc) is 2.62. The van der Waals surface area contributed by atoms with E-state index in [1.165, 1.54) is 11.6 Å². The zero-order valence-corrected chi connectivity index (χ0v) is 13.7. The first-order valence-electron chi connectivity index (χ1n) is 7.97. The monoisotopic (exact) mass is 338 g/mol. The highest BCUT2D eigenvalue weighted by molar-refractivity contribution is 6.02. The minimum Gasteiger partial charge on any atom is -0.331 e. The van der Waals surface area contributed by atoms with E-state index in [2.05, 4.69) is 0 Å². The van der Waals surface area contributed by atoms with Gasteiger partial charge in [-0.25, -0.2) is 8.78 Å². The van der Waals surface area contributed by atoms with E-state index in [0.717, 1.165) is 23.8 Å². The SMILES string of the molecule is CC1c2ccccc2CCN1C(=O)/C(C#N)=C/c1c(F)cccc1F. The molecule has 1 atom stereocenters. The molecule has 0 saturated heterocycles. The quantitative estimate of drug-likeness (QED) is 0.613. The zero-order chi connectivity index (χ0) is 18.0. The van der Waals surface area contributed by atoms with Gasteiger partial charge in [0.15, 0.2) is 0 Å². The van der Waals surface area contributed by atoms with Gasteiger partial charge in [-0.15, -0.1) is 0 Å². The van der Waals surface area contributed by atoms with Gasteiger partial charge in [0.1, 0.15) is 23.3 Å². The summed E-state index contributed by atoms with van der Waals surface area (Å²) in [7, 11) is 0. The number of hydrogen-bond donors (Lipinski definition) is 0. The molecule has 3 rings (SSSR count). The van der Waals surface area contributed by atoms with E-state index in [1.54, 1.807) is 11.0 Å². The fourth-order valence-corrected chi connectivity index (χ4v) is 3.14. The lowest BCUT2D eigenvalue weighted by molar-refractivity contribution is -0.129. The molecule has 0 N–H and O–H groups in total. The minimum absolute atomic E-state index is 0.209. The smallest absolute Gasteiger partial charge is 0.265 e. The van der Waals surface area contributed by atoms with Gasteiger partial charge >= 0.3 is 0 Å². The van der Waals surface area contributed by atoms with Crippen molar-refractivity contribution in [3.63, 3.8) is 0 Å². The van der Waals surface area contributed by atoms with Crippen molar-refractivity contribution in [1.82, 2.24) is 4.90 Å². The minimum atomic E-state index is -0.808. The number of hydrogen-bond acceptors (Lipinski definition) is 2. The molecule has 0 aliphatic carbocycles. The molecule has 25 heavy (non-hydrogen) atoms. The second-order valence-corrected chi connectivity index (χ2v) is 5.93. The van der Waals surface area contributed by atoms with Crippen LogP contribution in [0.5, 0.6) is 0 Å². The molecule has 1 heterocycles. The van der Waals surface area contributed by atoms with Gasteiger partial charge in [0.05, 0.1) is 6.04 Å². The van der Waals surface area contributed by atoms with Gasteiger partial charge in [0.25, 0.3) is 5.91 Å². The maximum atomic E-state index is 13.8. The highest BCUT2D eigenvalue weighted by Crippen LogP contribution is 2.30. The Morgan fingerprint density at radius 3 is 2.56 bits per heavy atom. The predicted molar refractivity (Wildman–Crippen MR) is 90.2 cm³/mol. The van der Waals surface area contributed by atoms with Crippen LogP contribution in [0.4, 0.5) is 8.78 Å². The largest absolute Gasteiger partial charge is 0.331 e. The van der Waals surface area contributed by atoms with Gasteiger partial charge in [-0.3, -0.25) is 4.79 Å². The number of nitriles is 1. The van der Waals surface area contributed by atoms with Crippen molar-refractivity contribution in [2.24, 2.45) is 0 Å². The summed E-state index contributed by atoms with van der Waals surface area (Å²) in [5.74, 6) is -2.14. The van der Waals surface area contributed by atoms with Gasteiger partial charge in [-0.2, -0.15) is 5.26 Å². The maximum Gasteiger partial charge on any atom is 0.265 e. The molecule has 0 bridgehead atoms. The molecular weight excluding hydrogens is 322 g/mol. The summed E-state index contributed by atoms with van der Waals surface area (Å²) >= 11 is 0. The highest BCUT2D eigenvalue weighted by Gasteiger charge is 2.29. The summed E-state index contributed by atoms with van der Waals surface area (Å²) in [6.07, 6.45) is 1.67. The van der Waals surface area contributed by atoms with Crippen molar-refractivity contribution >= 4 is 12.0 Å². The summed E-state index contributed by atoms with van der Waals surface area (Å²) in [6.45, 7) is 2.34. The highest BCUT2D eigenvalue weighted by atomic mass is 19.1. The number of carbonyl (C=O) groups excluding carboxylic acids is 1. The Morgan fingerprint density at radius 1 is 1.20 bits per heavy atom. The number of fused-ring (bicyclic) bond motifs is 1. The summed E-state index contributed by atoms with van der Waals surface area (Å²) in [5.41, 5.74) is 1.53. The molecule has 5 heteroatoms. The Kier molecular flexibility index (Phi) is 4.62. The van der Waals surface area contributed by atoms with E-state index in [0.29, 0.717) is 13.0 Å². The molecule has 3 nitrogen and oxygen atoms in total. The first-order chi connectivity index (χ1) is 12.0. The molecule has 2 aromatic carbocycles. The molecule has 0 spiro atoms. The fourth-order valence-electron chi connectivity index (χ4n) is 3.14. The van der Waals surface area contributed by atoms with Crippen LogP contribution < -0.4 is 0 Å². The van der Waals surface area contributed by atoms with Crippen LogP contribution in [0.25, 0.3) is 6.08 Å². The topological polar surface area (TPSA) is 44.1 Å². The normalized spacial score (nSPS) is 17.0. The molecule has 0 saturated carbocycles. The van der Waals surface area contributed by atoms with Crippen LogP contribution in [0.15, 0.2) is 48.0 Å². The van der Waals surface area contributed by atoms with Crippen molar-refractivity contribution in [1.29, 1.82) is 5.26 Å². The third kappa shape index (κ3) is 3.16. The van der Waals surface area contributed by atoms with Gasteiger partial charge in [0, 0.05) is 12.1 Å². The Labute approximate surface area is 144 Å². The van der Waals surface area contributed by atoms with E-state index in [4.69, 9.17) is 0 Å². The second-order valence-electron chi connectivity index (χ2n) is 5.93. The summed E-state index contributed by atoms with van der Waals surface area (Å²) in [5, 5.41) is 9.34. The number of carbonyl (C=O) groups is 1. The lowest BCUT2D eigenvalue weighted by Crippen LogP contribution is -2.39. The summed E-state index contributed by atoms with van der Waals surface area (Å²) in [4.78, 5) is 14.3. The van der Waals surface area contributed by atoms with E-state index in [9.17, 15) is 18.8 Å². The zero-order valence-electron chi connectivity index (χ0n) is 13.7. The van der Waals surface area contributed by atoms with Gasteiger partial charge in [-0.05, 0) is 42.7 Å². The Morgan fingerprint density at radius 2 is 1.88 bits per heavy atom. The lowest BCUT2D eigenvalue weighted by atomic mass is 9.93. The van der Waals surface area contributed by atoms with Gasteiger partial charge < -0.3 is 4.90 Å². The van der Waals surface area contributed by atoms with Crippen LogP contribution in [-0.4, -0.2) is 17.4 Å². The maximum absolute atomic E-state index is 13.8. The number of amides is 1. The standard InChI is InChI=1S/C20H16F2N2O/c1-13-16-6-3-2-5-14(16)9-10-24(13)20(25)15(12-23)11-17-18(21)7-4-8-19(17)22/h2-8,11,13H,9-10H2,1H3/b15-11+. The molecule has 0 fully saturated rings. The molecule has 1 aliphatic heterocycles. The van der Waals surface area contributed by atoms with E-state index >= 15 is 0 Å². The van der Waals surface area contributed by atoms with Crippen LogP contribution in [-0.2, 0) is 11.2 Å². The number of rotatable bonds is 2. The van der Waals surface area contributed by atoms with E-state index < -0.39 is 17.5 Å². The molecule has 126 valence electrons.